The first-order chi connectivity index (χ1) is 12.2. The maximum absolute atomic E-state index is 12.8. The predicted octanol–water partition coefficient (Wildman–Crippen LogP) is 3.13. The second-order valence-corrected chi connectivity index (χ2v) is 6.66. The lowest BCUT2D eigenvalue weighted by atomic mass is 10.1. The minimum absolute atomic E-state index is 0.0241. The lowest BCUT2D eigenvalue weighted by Gasteiger charge is -2.19. The van der Waals surface area contributed by atoms with Gasteiger partial charge in [-0.15, -0.1) is 11.3 Å². The quantitative estimate of drug-likeness (QED) is 0.819. The van der Waals surface area contributed by atoms with Gasteiger partial charge in [-0.3, -0.25) is 4.79 Å². The molecule has 3 rings (SSSR count). The molecule has 11 heteroatoms. The van der Waals surface area contributed by atoms with E-state index in [1.165, 1.54) is 0 Å². The summed E-state index contributed by atoms with van der Waals surface area (Å²) in [6.07, 6.45) is -6.39. The molecule has 138 valence electrons. The SMILES string of the molecule is O=C1NCC(C(=O)N[C@@H](c2ccc(Cl)cc2)c2nc(C(F)(F)F)cs2)O1. The molecule has 1 unspecified atom stereocenters. The third-order valence-electron chi connectivity index (χ3n) is 3.52. The average Bonchev–Trinajstić information content (AvgIpc) is 3.22. The number of ether oxygens (including phenoxy) is 1. The molecule has 1 fully saturated rings. The summed E-state index contributed by atoms with van der Waals surface area (Å²) in [4.78, 5) is 27.0. The molecule has 1 aliphatic heterocycles. The molecular formula is C15H11ClF3N3O3S. The molecule has 6 nitrogen and oxygen atoms in total. The molecule has 2 N–H and O–H groups in total. The largest absolute Gasteiger partial charge is 0.434 e. The molecule has 2 atom stereocenters. The van der Waals surface area contributed by atoms with Crippen molar-refractivity contribution in [2.45, 2.75) is 18.3 Å². The van der Waals surface area contributed by atoms with Crippen molar-refractivity contribution in [2.75, 3.05) is 6.54 Å². The molecule has 2 heterocycles. The van der Waals surface area contributed by atoms with Gasteiger partial charge in [0, 0.05) is 10.4 Å². The van der Waals surface area contributed by atoms with E-state index in [2.05, 4.69) is 15.6 Å². The van der Waals surface area contributed by atoms with Gasteiger partial charge in [0.25, 0.3) is 5.91 Å². The van der Waals surface area contributed by atoms with Crippen molar-refractivity contribution in [2.24, 2.45) is 0 Å². The molecule has 26 heavy (non-hydrogen) atoms. The van der Waals surface area contributed by atoms with Gasteiger partial charge in [0.05, 0.1) is 6.54 Å². The molecule has 2 aromatic rings. The van der Waals surface area contributed by atoms with E-state index >= 15 is 0 Å². The summed E-state index contributed by atoms with van der Waals surface area (Å²) in [7, 11) is 0. The Kier molecular flexibility index (Phi) is 5.05. The van der Waals surface area contributed by atoms with Gasteiger partial charge in [-0.25, -0.2) is 9.78 Å². The van der Waals surface area contributed by atoms with Gasteiger partial charge < -0.3 is 15.4 Å². The Bertz CT molecular complexity index is 826. The van der Waals surface area contributed by atoms with Gasteiger partial charge in [-0.2, -0.15) is 13.2 Å². The molecule has 1 aliphatic rings. The van der Waals surface area contributed by atoms with E-state index in [0.717, 1.165) is 16.7 Å². The van der Waals surface area contributed by atoms with Gasteiger partial charge in [-0.05, 0) is 17.7 Å². The number of cyclic esters (lactones) is 1. The number of nitrogens with one attached hydrogen (secondary N) is 2. The van der Waals surface area contributed by atoms with Crippen molar-refractivity contribution >= 4 is 34.9 Å². The number of carbonyl (C=O) groups is 2. The van der Waals surface area contributed by atoms with Crippen LogP contribution in [0.5, 0.6) is 0 Å². The Balaban J connectivity index is 1.89. The number of alkyl carbamates (subject to hydrolysis) is 1. The van der Waals surface area contributed by atoms with Crippen LogP contribution in [-0.4, -0.2) is 29.6 Å². The molecule has 0 bridgehead atoms. The minimum Gasteiger partial charge on any atom is -0.434 e. The van der Waals surface area contributed by atoms with Gasteiger partial charge in [0.1, 0.15) is 11.0 Å². The summed E-state index contributed by atoms with van der Waals surface area (Å²) in [6, 6.07) is 5.29. The fraction of sp³-hybridized carbons (Fsp3) is 0.267. The lowest BCUT2D eigenvalue weighted by molar-refractivity contribution is -0.140. The van der Waals surface area contributed by atoms with Crippen LogP contribution in [0.1, 0.15) is 22.3 Å². The summed E-state index contributed by atoms with van der Waals surface area (Å²) < 4.78 is 43.3. The number of benzene rings is 1. The summed E-state index contributed by atoms with van der Waals surface area (Å²) in [6.45, 7) is -0.0241. The van der Waals surface area contributed by atoms with Crippen LogP contribution in [0.2, 0.25) is 5.02 Å². The van der Waals surface area contributed by atoms with Crippen molar-refractivity contribution in [1.82, 2.24) is 15.6 Å². The smallest absolute Gasteiger partial charge is 0.434 e. The van der Waals surface area contributed by atoms with Crippen LogP contribution in [0.4, 0.5) is 18.0 Å². The highest BCUT2D eigenvalue weighted by Crippen LogP contribution is 2.33. The third kappa shape index (κ3) is 4.07. The number of amides is 2. The van der Waals surface area contributed by atoms with Crippen molar-refractivity contribution < 1.29 is 27.5 Å². The first-order valence-corrected chi connectivity index (χ1v) is 8.53. The molecule has 1 aromatic carbocycles. The van der Waals surface area contributed by atoms with Crippen LogP contribution in [0.15, 0.2) is 29.6 Å². The number of halogens is 4. The maximum Gasteiger partial charge on any atom is 0.434 e. The van der Waals surface area contributed by atoms with Crippen LogP contribution in [0.25, 0.3) is 0 Å². The molecular weight excluding hydrogens is 395 g/mol. The van der Waals surface area contributed by atoms with Crippen molar-refractivity contribution in [1.29, 1.82) is 0 Å². The van der Waals surface area contributed by atoms with Crippen LogP contribution in [0.3, 0.4) is 0 Å². The molecule has 0 aliphatic carbocycles. The van der Waals surface area contributed by atoms with E-state index < -0.39 is 36.0 Å². The fourth-order valence-electron chi connectivity index (χ4n) is 2.26. The number of rotatable bonds is 4. The Morgan fingerprint density at radius 1 is 1.38 bits per heavy atom. The lowest BCUT2D eigenvalue weighted by Crippen LogP contribution is -2.39. The average molecular weight is 406 g/mol. The number of aromatic nitrogens is 1. The molecule has 1 saturated heterocycles. The molecule has 0 saturated carbocycles. The first kappa shape index (κ1) is 18.5. The number of nitrogens with zero attached hydrogens (tertiary/aromatic N) is 1. The van der Waals surface area contributed by atoms with Crippen molar-refractivity contribution in [3.63, 3.8) is 0 Å². The maximum atomic E-state index is 12.8. The Labute approximate surface area is 154 Å². The molecule has 1 aromatic heterocycles. The number of hydrogen-bond acceptors (Lipinski definition) is 5. The van der Waals surface area contributed by atoms with Gasteiger partial charge in [0.2, 0.25) is 0 Å². The minimum atomic E-state index is -4.59. The van der Waals surface area contributed by atoms with Crippen LogP contribution >= 0.6 is 22.9 Å². The van der Waals surface area contributed by atoms with E-state index in [-0.39, 0.29) is 11.6 Å². The topological polar surface area (TPSA) is 80.3 Å². The van der Waals surface area contributed by atoms with E-state index in [4.69, 9.17) is 16.3 Å². The van der Waals surface area contributed by atoms with Crippen molar-refractivity contribution in [3.8, 4) is 0 Å². The van der Waals surface area contributed by atoms with Gasteiger partial charge in [0.15, 0.2) is 11.8 Å². The highest BCUT2D eigenvalue weighted by atomic mass is 35.5. The highest BCUT2D eigenvalue weighted by molar-refractivity contribution is 7.09. The van der Waals surface area contributed by atoms with E-state index in [1.807, 2.05) is 0 Å². The molecule has 2 amide bonds. The highest BCUT2D eigenvalue weighted by Gasteiger charge is 2.36. The Morgan fingerprint density at radius 3 is 2.62 bits per heavy atom. The predicted molar refractivity (Wildman–Crippen MR) is 86.8 cm³/mol. The third-order valence-corrected chi connectivity index (χ3v) is 4.68. The van der Waals surface area contributed by atoms with Gasteiger partial charge >= 0.3 is 12.3 Å². The van der Waals surface area contributed by atoms with E-state index in [9.17, 15) is 22.8 Å². The van der Waals surface area contributed by atoms with Crippen LogP contribution in [0, 0.1) is 0 Å². The van der Waals surface area contributed by atoms with E-state index in [1.54, 1.807) is 24.3 Å². The van der Waals surface area contributed by atoms with Gasteiger partial charge in [-0.1, -0.05) is 23.7 Å². The normalized spacial score (nSPS) is 18.2. The second kappa shape index (κ2) is 7.12. The van der Waals surface area contributed by atoms with Crippen molar-refractivity contribution in [3.05, 3.63) is 50.9 Å². The fourth-order valence-corrected chi connectivity index (χ4v) is 3.29. The standard InChI is InChI=1S/C15H11ClF3N3O3S/c16-8-3-1-7(2-4-8)11(13-21-10(6-26-13)15(17,18)19)22-12(23)9-5-20-14(24)25-9/h1-4,6,9,11H,5H2,(H,20,24)(H,22,23)/t9?,11-/m0/s1. The zero-order chi connectivity index (χ0) is 18.9. The summed E-state index contributed by atoms with van der Waals surface area (Å²) in [5, 5.41) is 6.27. The number of alkyl halides is 3. The Hall–Kier alpha value is -2.33. The summed E-state index contributed by atoms with van der Waals surface area (Å²) in [5.41, 5.74) is -0.553. The number of hydrogen-bond donors (Lipinski definition) is 2. The molecule has 0 radical (unpaired) electrons. The van der Waals surface area contributed by atoms with Crippen LogP contribution < -0.4 is 10.6 Å². The monoisotopic (exact) mass is 405 g/mol. The zero-order valence-electron chi connectivity index (χ0n) is 12.8. The second-order valence-electron chi connectivity index (χ2n) is 5.34. The summed E-state index contributed by atoms with van der Waals surface area (Å²) in [5.74, 6) is -0.646. The first-order valence-electron chi connectivity index (χ1n) is 7.27. The number of carbonyl (C=O) groups excluding carboxylic acids is 2. The van der Waals surface area contributed by atoms with E-state index in [0.29, 0.717) is 10.6 Å². The number of thiazole rings is 1. The Morgan fingerprint density at radius 2 is 2.08 bits per heavy atom. The van der Waals surface area contributed by atoms with Crippen LogP contribution in [-0.2, 0) is 15.7 Å². The summed E-state index contributed by atoms with van der Waals surface area (Å²) >= 11 is 6.60. The zero-order valence-corrected chi connectivity index (χ0v) is 14.4. The molecule has 0 spiro atoms.